The summed E-state index contributed by atoms with van der Waals surface area (Å²) in [5.41, 5.74) is 0. The molecule has 0 fully saturated rings. The Morgan fingerprint density at radius 1 is 1.50 bits per heavy atom. The van der Waals surface area contributed by atoms with E-state index in [0.29, 0.717) is 19.5 Å². The van der Waals surface area contributed by atoms with Crippen molar-refractivity contribution in [1.82, 2.24) is 10.2 Å². The van der Waals surface area contributed by atoms with Gasteiger partial charge in [-0.05, 0) is 24.3 Å². The summed E-state index contributed by atoms with van der Waals surface area (Å²) < 4.78 is 0. The third kappa shape index (κ3) is 5.67. The Hall–Kier alpha value is -1.56. The predicted molar refractivity (Wildman–Crippen MR) is 70.9 cm³/mol. The number of urea groups is 1. The number of thiophene rings is 1. The highest BCUT2D eigenvalue weighted by Crippen LogP contribution is 2.09. The summed E-state index contributed by atoms with van der Waals surface area (Å²) in [5, 5.41) is 13.2. The molecule has 0 aromatic carbocycles. The van der Waals surface area contributed by atoms with Crippen LogP contribution in [0.4, 0.5) is 4.79 Å². The molecule has 5 nitrogen and oxygen atoms in total. The van der Waals surface area contributed by atoms with Crippen molar-refractivity contribution in [3.63, 3.8) is 0 Å². The summed E-state index contributed by atoms with van der Waals surface area (Å²) in [6, 6.07) is 3.88. The van der Waals surface area contributed by atoms with Gasteiger partial charge in [0.15, 0.2) is 0 Å². The lowest BCUT2D eigenvalue weighted by Gasteiger charge is -2.17. The molecule has 0 aliphatic heterocycles. The minimum Gasteiger partial charge on any atom is -0.481 e. The molecule has 1 aromatic rings. The van der Waals surface area contributed by atoms with Crippen LogP contribution >= 0.6 is 11.3 Å². The number of carboxylic acids is 1. The maximum absolute atomic E-state index is 11.6. The van der Waals surface area contributed by atoms with E-state index in [1.165, 1.54) is 4.88 Å². The topological polar surface area (TPSA) is 69.6 Å². The number of hydrogen-bond donors (Lipinski definition) is 2. The Bertz CT molecular complexity index is 379. The number of carbonyl (C=O) groups is 2. The lowest BCUT2D eigenvalue weighted by Crippen LogP contribution is -2.38. The fourth-order valence-electron chi connectivity index (χ4n) is 1.40. The van der Waals surface area contributed by atoms with Crippen LogP contribution in [0.15, 0.2) is 17.5 Å². The predicted octanol–water partition coefficient (Wildman–Crippen LogP) is 1.80. The highest BCUT2D eigenvalue weighted by atomic mass is 32.1. The average molecular weight is 270 g/mol. The Kier molecular flexibility index (Phi) is 6.21. The second-order valence-corrected chi connectivity index (χ2v) is 5.01. The van der Waals surface area contributed by atoms with Crippen molar-refractivity contribution < 1.29 is 14.7 Å². The first-order valence-electron chi connectivity index (χ1n) is 5.82. The molecule has 1 rings (SSSR count). The Balaban J connectivity index is 2.14. The van der Waals surface area contributed by atoms with Gasteiger partial charge in [0, 0.05) is 31.4 Å². The van der Waals surface area contributed by atoms with Gasteiger partial charge in [-0.3, -0.25) is 4.79 Å². The quantitative estimate of drug-likeness (QED) is 0.742. The zero-order chi connectivity index (χ0) is 13.4. The number of nitrogens with zero attached hydrogens (tertiary/aromatic N) is 1. The van der Waals surface area contributed by atoms with E-state index >= 15 is 0 Å². The van der Waals surface area contributed by atoms with Gasteiger partial charge in [0.1, 0.15) is 0 Å². The Morgan fingerprint density at radius 3 is 2.89 bits per heavy atom. The van der Waals surface area contributed by atoms with Crippen LogP contribution in [0.25, 0.3) is 0 Å². The number of likely N-dealkylation sites (N-methyl/N-ethyl adjacent to an activating group) is 1. The van der Waals surface area contributed by atoms with Crippen LogP contribution in [-0.2, 0) is 11.2 Å². The number of hydrogen-bond acceptors (Lipinski definition) is 3. The fraction of sp³-hybridized carbons (Fsp3) is 0.500. The third-order valence-electron chi connectivity index (χ3n) is 2.46. The molecule has 2 amide bonds. The Labute approximate surface area is 110 Å². The van der Waals surface area contributed by atoms with Crippen molar-refractivity contribution in [3.05, 3.63) is 22.4 Å². The molecule has 0 atom stereocenters. The lowest BCUT2D eigenvalue weighted by atomic mass is 10.3. The largest absolute Gasteiger partial charge is 0.481 e. The van der Waals surface area contributed by atoms with Crippen LogP contribution in [0, 0.1) is 0 Å². The van der Waals surface area contributed by atoms with Crippen molar-refractivity contribution in [2.45, 2.75) is 19.3 Å². The standard InChI is InChI=1S/C12H18N2O3S/c1-14(8-6-10-4-3-9-18-10)12(17)13-7-2-5-11(15)16/h3-4,9H,2,5-8H2,1H3,(H,13,17)(H,15,16). The van der Waals surface area contributed by atoms with Crippen LogP contribution in [0.3, 0.4) is 0 Å². The van der Waals surface area contributed by atoms with E-state index < -0.39 is 5.97 Å². The SMILES string of the molecule is CN(CCc1cccs1)C(=O)NCCCC(=O)O. The first kappa shape index (κ1) is 14.5. The molecule has 2 N–H and O–H groups in total. The summed E-state index contributed by atoms with van der Waals surface area (Å²) in [6.45, 7) is 1.06. The van der Waals surface area contributed by atoms with Gasteiger partial charge in [-0.15, -0.1) is 11.3 Å². The van der Waals surface area contributed by atoms with E-state index in [2.05, 4.69) is 5.32 Å². The molecular weight excluding hydrogens is 252 g/mol. The highest BCUT2D eigenvalue weighted by molar-refractivity contribution is 7.09. The second kappa shape index (κ2) is 7.71. The number of carboxylic acid groups (broad SMARTS) is 1. The molecule has 0 aliphatic carbocycles. The first-order chi connectivity index (χ1) is 8.59. The van der Waals surface area contributed by atoms with E-state index in [-0.39, 0.29) is 12.5 Å². The van der Waals surface area contributed by atoms with Crippen LogP contribution in [0.2, 0.25) is 0 Å². The number of amides is 2. The van der Waals surface area contributed by atoms with Crippen molar-refractivity contribution in [1.29, 1.82) is 0 Å². The zero-order valence-electron chi connectivity index (χ0n) is 10.4. The van der Waals surface area contributed by atoms with Gasteiger partial charge in [-0.25, -0.2) is 4.79 Å². The van der Waals surface area contributed by atoms with Crippen LogP contribution in [0.5, 0.6) is 0 Å². The monoisotopic (exact) mass is 270 g/mol. The molecule has 0 saturated carbocycles. The smallest absolute Gasteiger partial charge is 0.317 e. The molecule has 1 aromatic heterocycles. The summed E-state index contributed by atoms with van der Waals surface area (Å²) in [5.74, 6) is -0.838. The van der Waals surface area contributed by atoms with Gasteiger partial charge < -0.3 is 15.3 Å². The number of carbonyl (C=O) groups excluding carboxylic acids is 1. The maximum Gasteiger partial charge on any atom is 0.317 e. The van der Waals surface area contributed by atoms with Crippen molar-refractivity contribution >= 4 is 23.3 Å². The number of aliphatic carboxylic acids is 1. The van der Waals surface area contributed by atoms with Crippen LogP contribution < -0.4 is 5.32 Å². The lowest BCUT2D eigenvalue weighted by molar-refractivity contribution is -0.137. The molecule has 0 saturated heterocycles. The molecule has 100 valence electrons. The maximum atomic E-state index is 11.6. The van der Waals surface area contributed by atoms with E-state index in [1.54, 1.807) is 23.3 Å². The summed E-state index contributed by atoms with van der Waals surface area (Å²) in [7, 11) is 1.74. The van der Waals surface area contributed by atoms with Gasteiger partial charge in [-0.1, -0.05) is 6.07 Å². The molecule has 0 radical (unpaired) electrons. The molecule has 18 heavy (non-hydrogen) atoms. The van der Waals surface area contributed by atoms with Crippen molar-refractivity contribution in [3.8, 4) is 0 Å². The molecule has 0 spiro atoms. The summed E-state index contributed by atoms with van der Waals surface area (Å²) in [6.07, 6.45) is 1.38. The average Bonchev–Trinajstić information content (AvgIpc) is 2.84. The summed E-state index contributed by atoms with van der Waals surface area (Å²) in [4.78, 5) is 24.8. The van der Waals surface area contributed by atoms with Gasteiger partial charge in [0.25, 0.3) is 0 Å². The number of rotatable bonds is 7. The minimum absolute atomic E-state index is 0.0825. The number of nitrogens with one attached hydrogen (secondary N) is 1. The summed E-state index contributed by atoms with van der Waals surface area (Å²) >= 11 is 1.68. The van der Waals surface area contributed by atoms with Crippen molar-refractivity contribution in [2.24, 2.45) is 0 Å². The van der Waals surface area contributed by atoms with Crippen LogP contribution in [-0.4, -0.2) is 42.1 Å². The third-order valence-corrected chi connectivity index (χ3v) is 3.40. The first-order valence-corrected chi connectivity index (χ1v) is 6.70. The van der Waals surface area contributed by atoms with E-state index in [4.69, 9.17) is 5.11 Å². The highest BCUT2D eigenvalue weighted by Gasteiger charge is 2.08. The van der Waals surface area contributed by atoms with E-state index in [9.17, 15) is 9.59 Å². The zero-order valence-corrected chi connectivity index (χ0v) is 11.2. The molecule has 0 unspecified atom stereocenters. The van der Waals surface area contributed by atoms with Gasteiger partial charge in [-0.2, -0.15) is 0 Å². The molecule has 0 aliphatic rings. The van der Waals surface area contributed by atoms with Crippen LogP contribution in [0.1, 0.15) is 17.7 Å². The molecule has 6 heteroatoms. The van der Waals surface area contributed by atoms with Gasteiger partial charge >= 0.3 is 12.0 Å². The van der Waals surface area contributed by atoms with Gasteiger partial charge in [0.2, 0.25) is 0 Å². The molecule has 0 bridgehead atoms. The minimum atomic E-state index is -0.838. The van der Waals surface area contributed by atoms with E-state index in [0.717, 1.165) is 6.42 Å². The second-order valence-electron chi connectivity index (χ2n) is 3.98. The van der Waals surface area contributed by atoms with Crippen molar-refractivity contribution in [2.75, 3.05) is 20.1 Å². The fourth-order valence-corrected chi connectivity index (χ4v) is 2.10. The Morgan fingerprint density at radius 2 is 2.28 bits per heavy atom. The molecular formula is C12H18N2O3S. The van der Waals surface area contributed by atoms with E-state index in [1.807, 2.05) is 17.5 Å². The van der Waals surface area contributed by atoms with Gasteiger partial charge in [0.05, 0.1) is 0 Å². The normalized spacial score (nSPS) is 10.1. The molecule has 1 heterocycles.